The van der Waals surface area contributed by atoms with Crippen LogP contribution in [-0.2, 0) is 14.8 Å². The van der Waals surface area contributed by atoms with Gasteiger partial charge in [0, 0.05) is 23.9 Å². The molecular weight excluding hydrogens is 406 g/mol. The van der Waals surface area contributed by atoms with E-state index in [4.69, 9.17) is 0 Å². The molecule has 1 aliphatic heterocycles. The Morgan fingerprint density at radius 1 is 1.07 bits per heavy atom. The van der Waals surface area contributed by atoms with E-state index >= 15 is 0 Å². The minimum atomic E-state index is -3.78. The summed E-state index contributed by atoms with van der Waals surface area (Å²) in [6.45, 7) is 1.45. The van der Waals surface area contributed by atoms with E-state index in [9.17, 15) is 13.2 Å². The van der Waals surface area contributed by atoms with Gasteiger partial charge >= 0.3 is 0 Å². The molecule has 0 spiro atoms. The molecule has 29 heavy (non-hydrogen) atoms. The van der Waals surface area contributed by atoms with Gasteiger partial charge in [0.15, 0.2) is 0 Å². The Morgan fingerprint density at radius 2 is 1.79 bits per heavy atom. The van der Waals surface area contributed by atoms with E-state index in [0.717, 1.165) is 10.4 Å². The van der Waals surface area contributed by atoms with Crippen molar-refractivity contribution in [3.8, 4) is 0 Å². The van der Waals surface area contributed by atoms with Crippen LogP contribution in [0.4, 0.5) is 5.69 Å². The summed E-state index contributed by atoms with van der Waals surface area (Å²) >= 11 is 1.51. The van der Waals surface area contributed by atoms with Gasteiger partial charge < -0.3 is 5.32 Å². The smallest absolute Gasteiger partial charge is 0.279 e. The second-order valence-electron chi connectivity index (χ2n) is 6.63. The van der Waals surface area contributed by atoms with Crippen molar-refractivity contribution in [3.63, 3.8) is 0 Å². The number of carbonyl (C=O) groups excluding carboxylic acids is 1. The molecule has 0 unspecified atom stereocenters. The Kier molecular flexibility index (Phi) is 5.21. The number of rotatable bonds is 5. The predicted molar refractivity (Wildman–Crippen MR) is 114 cm³/mol. The van der Waals surface area contributed by atoms with Gasteiger partial charge in [0.1, 0.15) is 6.04 Å². The van der Waals surface area contributed by atoms with E-state index in [-0.39, 0.29) is 16.8 Å². The third-order valence-electron chi connectivity index (χ3n) is 4.57. The lowest BCUT2D eigenvalue weighted by atomic mass is 10.0. The van der Waals surface area contributed by atoms with Crippen molar-refractivity contribution in [1.82, 2.24) is 4.41 Å². The Balaban J connectivity index is 1.71. The lowest BCUT2D eigenvalue weighted by Gasteiger charge is -2.22. The maximum atomic E-state index is 13.3. The van der Waals surface area contributed by atoms with E-state index in [0.29, 0.717) is 17.8 Å². The highest BCUT2D eigenvalue weighted by molar-refractivity contribution is 7.89. The summed E-state index contributed by atoms with van der Waals surface area (Å²) < 4.78 is 27.8. The van der Waals surface area contributed by atoms with Crippen molar-refractivity contribution < 1.29 is 13.2 Å². The fourth-order valence-corrected chi connectivity index (χ4v) is 5.55. The van der Waals surface area contributed by atoms with E-state index < -0.39 is 10.0 Å². The number of anilines is 1. The first-order chi connectivity index (χ1) is 13.9. The van der Waals surface area contributed by atoms with Crippen LogP contribution in [0.25, 0.3) is 0 Å². The Hall–Kier alpha value is -2.97. The predicted octanol–water partition coefficient (Wildman–Crippen LogP) is 4.25. The van der Waals surface area contributed by atoms with Crippen LogP contribution >= 0.6 is 11.3 Å². The van der Waals surface area contributed by atoms with Crippen LogP contribution in [0.2, 0.25) is 0 Å². The molecule has 2 heterocycles. The van der Waals surface area contributed by atoms with Gasteiger partial charge in [-0.25, -0.2) is 0 Å². The van der Waals surface area contributed by atoms with Crippen molar-refractivity contribution in [2.45, 2.75) is 24.3 Å². The fourth-order valence-electron chi connectivity index (χ4n) is 3.23. The number of sulfonamides is 1. The van der Waals surface area contributed by atoms with E-state index in [1.54, 1.807) is 42.5 Å². The zero-order valence-corrected chi connectivity index (χ0v) is 17.3. The van der Waals surface area contributed by atoms with Crippen molar-refractivity contribution in [2.75, 3.05) is 5.32 Å². The molecule has 0 radical (unpaired) electrons. The number of benzene rings is 2. The molecule has 8 heteroatoms. The van der Waals surface area contributed by atoms with E-state index in [2.05, 4.69) is 10.4 Å². The first-order valence-corrected chi connectivity index (χ1v) is 11.4. The lowest BCUT2D eigenvalue weighted by Crippen LogP contribution is -2.26. The number of nitrogens with one attached hydrogen (secondary N) is 1. The molecule has 1 atom stereocenters. The molecule has 1 amide bonds. The van der Waals surface area contributed by atoms with Gasteiger partial charge in [0.25, 0.3) is 10.0 Å². The molecule has 0 aliphatic carbocycles. The van der Waals surface area contributed by atoms with E-state index in [1.165, 1.54) is 22.7 Å². The van der Waals surface area contributed by atoms with Crippen LogP contribution in [-0.4, -0.2) is 24.5 Å². The monoisotopic (exact) mass is 425 g/mol. The summed E-state index contributed by atoms with van der Waals surface area (Å²) in [5, 5.41) is 9.17. The number of hydrogen-bond donors (Lipinski definition) is 1. The van der Waals surface area contributed by atoms with Crippen LogP contribution in [0.1, 0.15) is 29.8 Å². The van der Waals surface area contributed by atoms with Crippen LogP contribution in [0.15, 0.2) is 82.1 Å². The largest absolute Gasteiger partial charge is 0.326 e. The van der Waals surface area contributed by atoms with Crippen LogP contribution in [0.5, 0.6) is 0 Å². The first kappa shape index (κ1) is 19.4. The lowest BCUT2D eigenvalue weighted by molar-refractivity contribution is -0.114. The Morgan fingerprint density at radius 3 is 2.41 bits per heavy atom. The van der Waals surface area contributed by atoms with Gasteiger partial charge in [0.2, 0.25) is 5.91 Å². The zero-order valence-electron chi connectivity index (χ0n) is 15.6. The van der Waals surface area contributed by atoms with Crippen molar-refractivity contribution in [1.29, 1.82) is 0 Å². The second kappa shape index (κ2) is 7.81. The van der Waals surface area contributed by atoms with Crippen LogP contribution in [0, 0.1) is 0 Å². The molecular formula is C21H19N3O3S2. The molecule has 0 saturated heterocycles. The second-order valence-corrected chi connectivity index (χ2v) is 9.41. The molecule has 4 rings (SSSR count). The SMILES string of the molecule is CC(=O)Nc1ccc(C2=NN(S(=O)(=O)c3ccccc3)[C@H](c3cccs3)C2)cc1. The van der Waals surface area contributed by atoms with E-state index in [1.807, 2.05) is 29.6 Å². The van der Waals surface area contributed by atoms with Gasteiger partial charge in [-0.15, -0.1) is 11.3 Å². The number of hydrazone groups is 1. The van der Waals surface area contributed by atoms with Crippen LogP contribution in [0.3, 0.4) is 0 Å². The Labute approximate surface area is 173 Å². The number of thiophene rings is 1. The highest BCUT2D eigenvalue weighted by atomic mass is 32.2. The number of amides is 1. The van der Waals surface area contributed by atoms with Crippen molar-refractivity contribution in [3.05, 3.63) is 82.6 Å². The maximum Gasteiger partial charge on any atom is 0.279 e. The number of nitrogens with zero attached hydrogens (tertiary/aromatic N) is 2. The average Bonchev–Trinajstić information content (AvgIpc) is 3.39. The van der Waals surface area contributed by atoms with Crippen LogP contribution < -0.4 is 5.32 Å². The summed E-state index contributed by atoms with van der Waals surface area (Å²) in [5.74, 6) is -0.145. The highest BCUT2D eigenvalue weighted by Gasteiger charge is 2.38. The van der Waals surface area contributed by atoms with Gasteiger partial charge in [-0.05, 0) is 41.3 Å². The van der Waals surface area contributed by atoms with Crippen molar-refractivity contribution in [2.24, 2.45) is 5.10 Å². The summed E-state index contributed by atoms with van der Waals surface area (Å²) in [4.78, 5) is 12.4. The first-order valence-electron chi connectivity index (χ1n) is 9.03. The topological polar surface area (TPSA) is 78.8 Å². The molecule has 3 aromatic rings. The third kappa shape index (κ3) is 3.94. The average molecular weight is 426 g/mol. The quantitative estimate of drug-likeness (QED) is 0.664. The van der Waals surface area contributed by atoms with Gasteiger partial charge in [-0.3, -0.25) is 4.79 Å². The summed E-state index contributed by atoms with van der Waals surface area (Å²) in [7, 11) is -3.78. The normalized spacial score (nSPS) is 16.5. The number of carbonyl (C=O) groups is 1. The third-order valence-corrected chi connectivity index (χ3v) is 7.24. The van der Waals surface area contributed by atoms with Gasteiger partial charge in [-0.1, -0.05) is 36.4 Å². The minimum Gasteiger partial charge on any atom is -0.326 e. The molecule has 2 aromatic carbocycles. The summed E-state index contributed by atoms with van der Waals surface area (Å²) in [6, 6.07) is 19.1. The maximum absolute atomic E-state index is 13.3. The molecule has 148 valence electrons. The number of hydrogen-bond acceptors (Lipinski definition) is 5. The highest BCUT2D eigenvalue weighted by Crippen LogP contribution is 2.38. The summed E-state index contributed by atoms with van der Waals surface area (Å²) in [6.07, 6.45) is 0.478. The molecule has 1 N–H and O–H groups in total. The molecule has 1 aromatic heterocycles. The van der Waals surface area contributed by atoms with Gasteiger partial charge in [-0.2, -0.15) is 17.9 Å². The standard InChI is InChI=1S/C21H19N3O3S2/c1-15(25)22-17-11-9-16(10-12-17)19-14-20(21-8-5-13-28-21)24(23-19)29(26,27)18-6-3-2-4-7-18/h2-13,20H,14H2,1H3,(H,22,25)/t20-/m0/s1. The zero-order chi connectivity index (χ0) is 20.4. The molecule has 0 saturated carbocycles. The molecule has 6 nitrogen and oxygen atoms in total. The molecule has 0 fully saturated rings. The molecule has 1 aliphatic rings. The Bertz CT molecular complexity index is 1140. The summed E-state index contributed by atoms with van der Waals surface area (Å²) in [5.41, 5.74) is 2.20. The van der Waals surface area contributed by atoms with Crippen molar-refractivity contribution >= 4 is 38.7 Å². The van der Waals surface area contributed by atoms with Gasteiger partial charge in [0.05, 0.1) is 10.6 Å². The molecule has 0 bridgehead atoms. The fraction of sp³-hybridized carbons (Fsp3) is 0.143. The minimum absolute atomic E-state index is 0.145.